The monoisotopic (exact) mass is 178 g/mol. The maximum atomic E-state index is 9.56. The van der Waals surface area contributed by atoms with Crippen molar-refractivity contribution >= 4 is 0 Å². The average molecular weight is 178 g/mol. The van der Waals surface area contributed by atoms with Gasteiger partial charge in [0.25, 0.3) is 0 Å². The van der Waals surface area contributed by atoms with Crippen LogP contribution in [0.3, 0.4) is 0 Å². The van der Waals surface area contributed by atoms with Gasteiger partial charge in [0.2, 0.25) is 0 Å². The maximum Gasteiger partial charge on any atom is 0.164 e. The first-order valence-electron chi connectivity index (χ1n) is 4.58. The molecule has 0 unspecified atom stereocenters. The lowest BCUT2D eigenvalue weighted by Gasteiger charge is -2.32. The topological polar surface area (TPSA) is 29.5 Å². The fourth-order valence-corrected chi connectivity index (χ4v) is 1.65. The highest BCUT2D eigenvalue weighted by Crippen LogP contribution is 2.38. The van der Waals surface area contributed by atoms with E-state index < -0.39 is 0 Å². The second-order valence-corrected chi connectivity index (χ2v) is 4.13. The third-order valence-corrected chi connectivity index (χ3v) is 2.45. The van der Waals surface area contributed by atoms with Crippen molar-refractivity contribution in [2.75, 3.05) is 0 Å². The Hall–Kier alpha value is -1.18. The Morgan fingerprint density at radius 2 is 2.15 bits per heavy atom. The minimum absolute atomic E-state index is 0.147. The van der Waals surface area contributed by atoms with E-state index >= 15 is 0 Å². The fourth-order valence-electron chi connectivity index (χ4n) is 1.65. The predicted molar refractivity (Wildman–Crippen MR) is 51.1 cm³/mol. The van der Waals surface area contributed by atoms with Crippen molar-refractivity contribution in [3.8, 4) is 11.5 Å². The molecule has 0 aliphatic carbocycles. The summed E-state index contributed by atoms with van der Waals surface area (Å²) in [4.78, 5) is 0. The molecule has 1 aromatic carbocycles. The Kier molecular flexibility index (Phi) is 1.72. The van der Waals surface area contributed by atoms with Gasteiger partial charge in [0.15, 0.2) is 11.5 Å². The van der Waals surface area contributed by atoms with Gasteiger partial charge in [-0.3, -0.25) is 0 Å². The highest BCUT2D eigenvalue weighted by Gasteiger charge is 2.27. The smallest absolute Gasteiger partial charge is 0.164 e. The third-order valence-electron chi connectivity index (χ3n) is 2.45. The molecule has 0 aromatic heterocycles. The molecular weight excluding hydrogens is 164 g/mol. The highest BCUT2D eigenvalue weighted by atomic mass is 16.5. The van der Waals surface area contributed by atoms with E-state index in [1.807, 2.05) is 26.0 Å². The van der Waals surface area contributed by atoms with Crippen LogP contribution in [0, 0.1) is 0 Å². The fraction of sp³-hybridized carbons (Fsp3) is 0.455. The van der Waals surface area contributed by atoms with Crippen LogP contribution < -0.4 is 4.74 Å². The van der Waals surface area contributed by atoms with Crippen molar-refractivity contribution in [1.82, 2.24) is 0 Å². The quantitative estimate of drug-likeness (QED) is 0.661. The number of para-hydroxylation sites is 1. The summed E-state index contributed by atoms with van der Waals surface area (Å²) >= 11 is 0. The predicted octanol–water partition coefficient (Wildman–Crippen LogP) is 2.50. The van der Waals surface area contributed by atoms with E-state index in [1.165, 1.54) is 0 Å². The standard InChI is InChI=1S/C11H14O2/c1-11(2)7-6-8-4-3-5-9(12)10(8)13-11/h3-5,12H,6-7H2,1-2H3. The summed E-state index contributed by atoms with van der Waals surface area (Å²) in [6, 6.07) is 5.53. The van der Waals surface area contributed by atoms with Gasteiger partial charge >= 0.3 is 0 Å². The van der Waals surface area contributed by atoms with Crippen molar-refractivity contribution in [3.63, 3.8) is 0 Å². The van der Waals surface area contributed by atoms with Crippen molar-refractivity contribution in [2.24, 2.45) is 0 Å². The third kappa shape index (κ3) is 1.48. The molecule has 0 radical (unpaired) electrons. The minimum Gasteiger partial charge on any atom is -0.504 e. The summed E-state index contributed by atoms with van der Waals surface area (Å²) < 4.78 is 5.70. The van der Waals surface area contributed by atoms with Gasteiger partial charge in [0.1, 0.15) is 5.60 Å². The molecule has 2 heteroatoms. The molecule has 2 nitrogen and oxygen atoms in total. The summed E-state index contributed by atoms with van der Waals surface area (Å²) in [6.07, 6.45) is 1.99. The molecule has 1 N–H and O–H groups in total. The van der Waals surface area contributed by atoms with E-state index in [4.69, 9.17) is 4.74 Å². The van der Waals surface area contributed by atoms with E-state index in [9.17, 15) is 5.11 Å². The van der Waals surface area contributed by atoms with Gasteiger partial charge in [0.05, 0.1) is 0 Å². The number of ether oxygens (including phenoxy) is 1. The molecule has 1 aliphatic rings. The highest BCUT2D eigenvalue weighted by molar-refractivity contribution is 5.47. The first-order chi connectivity index (χ1) is 6.08. The normalized spacial score (nSPS) is 18.9. The minimum atomic E-state index is -0.147. The summed E-state index contributed by atoms with van der Waals surface area (Å²) in [5, 5.41) is 9.56. The summed E-state index contributed by atoms with van der Waals surface area (Å²) in [5.74, 6) is 0.920. The van der Waals surface area contributed by atoms with Gasteiger partial charge in [-0.25, -0.2) is 0 Å². The number of benzene rings is 1. The number of fused-ring (bicyclic) bond motifs is 1. The number of aryl methyl sites for hydroxylation is 1. The Morgan fingerprint density at radius 3 is 2.92 bits per heavy atom. The van der Waals surface area contributed by atoms with E-state index in [0.717, 1.165) is 18.4 Å². The van der Waals surface area contributed by atoms with Crippen LogP contribution >= 0.6 is 0 Å². The molecule has 70 valence electrons. The zero-order chi connectivity index (χ0) is 9.47. The summed E-state index contributed by atoms with van der Waals surface area (Å²) in [7, 11) is 0. The maximum absolute atomic E-state index is 9.56. The second-order valence-electron chi connectivity index (χ2n) is 4.13. The lowest BCUT2D eigenvalue weighted by molar-refractivity contribution is 0.0806. The average Bonchev–Trinajstić information content (AvgIpc) is 2.06. The molecule has 1 aliphatic heterocycles. The van der Waals surface area contributed by atoms with Gasteiger partial charge in [0, 0.05) is 0 Å². The second kappa shape index (κ2) is 2.66. The molecule has 0 bridgehead atoms. The van der Waals surface area contributed by atoms with Crippen molar-refractivity contribution in [2.45, 2.75) is 32.3 Å². The van der Waals surface area contributed by atoms with E-state index in [-0.39, 0.29) is 11.4 Å². The first-order valence-corrected chi connectivity index (χ1v) is 4.58. The Balaban J connectivity index is 2.44. The van der Waals surface area contributed by atoms with Crippen LogP contribution in [-0.4, -0.2) is 10.7 Å². The summed E-state index contributed by atoms with van der Waals surface area (Å²) in [5.41, 5.74) is 0.963. The van der Waals surface area contributed by atoms with Crippen LogP contribution in [0.25, 0.3) is 0 Å². The summed E-state index contributed by atoms with van der Waals surface area (Å²) in [6.45, 7) is 4.09. The molecular formula is C11H14O2. The number of hydrogen-bond acceptors (Lipinski definition) is 2. The van der Waals surface area contributed by atoms with Gasteiger partial charge in [-0.15, -0.1) is 0 Å². The van der Waals surface area contributed by atoms with Crippen molar-refractivity contribution in [1.29, 1.82) is 0 Å². The van der Waals surface area contributed by atoms with Crippen LogP contribution in [0.15, 0.2) is 18.2 Å². The molecule has 0 saturated heterocycles. The molecule has 0 fully saturated rings. The Morgan fingerprint density at radius 1 is 1.38 bits per heavy atom. The number of hydrogen-bond donors (Lipinski definition) is 1. The first kappa shape index (κ1) is 8.42. The van der Waals surface area contributed by atoms with Crippen LogP contribution in [0.4, 0.5) is 0 Å². The largest absolute Gasteiger partial charge is 0.504 e. The number of phenolic OH excluding ortho intramolecular Hbond substituents is 1. The number of phenols is 1. The molecule has 0 amide bonds. The molecule has 2 rings (SSSR count). The molecule has 0 spiro atoms. The Labute approximate surface area is 78.2 Å². The molecule has 1 heterocycles. The van der Waals surface area contributed by atoms with Crippen LogP contribution in [0.1, 0.15) is 25.8 Å². The zero-order valence-electron chi connectivity index (χ0n) is 8.00. The molecule has 1 aromatic rings. The Bertz CT molecular complexity index is 329. The van der Waals surface area contributed by atoms with Crippen LogP contribution in [0.5, 0.6) is 11.5 Å². The van der Waals surface area contributed by atoms with Gasteiger partial charge in [-0.05, 0) is 38.3 Å². The number of aromatic hydroxyl groups is 1. The SMILES string of the molecule is CC1(C)CCc2cccc(O)c2O1. The van der Waals surface area contributed by atoms with Crippen LogP contribution in [-0.2, 0) is 6.42 Å². The van der Waals surface area contributed by atoms with Gasteiger partial charge < -0.3 is 9.84 Å². The molecule has 0 atom stereocenters. The van der Waals surface area contributed by atoms with Crippen molar-refractivity contribution < 1.29 is 9.84 Å². The zero-order valence-corrected chi connectivity index (χ0v) is 8.00. The van der Waals surface area contributed by atoms with E-state index in [0.29, 0.717) is 5.75 Å². The lowest BCUT2D eigenvalue weighted by Crippen LogP contribution is -2.32. The van der Waals surface area contributed by atoms with Crippen LogP contribution in [0.2, 0.25) is 0 Å². The lowest BCUT2D eigenvalue weighted by atomic mass is 9.94. The van der Waals surface area contributed by atoms with E-state index in [2.05, 4.69) is 0 Å². The molecule has 13 heavy (non-hydrogen) atoms. The van der Waals surface area contributed by atoms with E-state index in [1.54, 1.807) is 6.07 Å². The van der Waals surface area contributed by atoms with Gasteiger partial charge in [-0.1, -0.05) is 12.1 Å². The van der Waals surface area contributed by atoms with Gasteiger partial charge in [-0.2, -0.15) is 0 Å². The van der Waals surface area contributed by atoms with Crippen molar-refractivity contribution in [3.05, 3.63) is 23.8 Å². The number of rotatable bonds is 0. The molecule has 0 saturated carbocycles.